The molecule has 1 aliphatic rings. The lowest BCUT2D eigenvalue weighted by Crippen LogP contribution is -2.37. The molecule has 1 fully saturated rings. The lowest BCUT2D eigenvalue weighted by molar-refractivity contribution is 0.163. The second kappa shape index (κ2) is 6.95. The van der Waals surface area contributed by atoms with Crippen LogP contribution in [0.4, 0.5) is 0 Å². The summed E-state index contributed by atoms with van der Waals surface area (Å²) in [7, 11) is 0. The molecule has 106 valence electrons. The maximum Gasteiger partial charge on any atom is 0.119 e. The number of rotatable bonds is 4. The molecule has 1 saturated carbocycles. The van der Waals surface area contributed by atoms with Crippen molar-refractivity contribution in [3.63, 3.8) is 0 Å². The highest BCUT2D eigenvalue weighted by molar-refractivity contribution is 5.29. The maximum atomic E-state index is 6.20. The monoisotopic (exact) mass is 261 g/mol. The highest BCUT2D eigenvalue weighted by Crippen LogP contribution is 2.25. The van der Waals surface area contributed by atoms with Gasteiger partial charge in [0.1, 0.15) is 11.9 Å². The summed E-state index contributed by atoms with van der Waals surface area (Å²) in [6.07, 6.45) is 7.33. The number of hydrogen-bond donors (Lipinski definition) is 1. The van der Waals surface area contributed by atoms with Gasteiger partial charge in [-0.05, 0) is 49.3 Å². The first kappa shape index (κ1) is 14.4. The lowest BCUT2D eigenvalue weighted by Gasteiger charge is -2.23. The van der Waals surface area contributed by atoms with E-state index in [1.807, 2.05) is 0 Å². The highest BCUT2D eigenvalue weighted by atomic mass is 16.5. The third kappa shape index (κ3) is 3.97. The molecule has 2 rings (SSSR count). The van der Waals surface area contributed by atoms with Crippen molar-refractivity contribution in [3.8, 4) is 5.75 Å². The minimum atomic E-state index is 0.191. The van der Waals surface area contributed by atoms with E-state index in [1.165, 1.54) is 31.2 Å². The van der Waals surface area contributed by atoms with E-state index in [4.69, 9.17) is 10.5 Å². The van der Waals surface area contributed by atoms with Gasteiger partial charge in [0.25, 0.3) is 0 Å². The normalized spacial score (nSPS) is 25.6. The number of nitrogens with two attached hydrogens (primary N) is 1. The molecule has 2 heteroatoms. The van der Waals surface area contributed by atoms with E-state index in [2.05, 4.69) is 38.1 Å². The van der Waals surface area contributed by atoms with Crippen LogP contribution >= 0.6 is 0 Å². The first-order valence-corrected chi connectivity index (χ1v) is 7.73. The molecule has 0 aromatic heterocycles. The summed E-state index contributed by atoms with van der Waals surface area (Å²) in [5.41, 5.74) is 7.59. The SMILES string of the molecule is CCC(C)c1ccc(OC2CCCCCC2N)cc1. The van der Waals surface area contributed by atoms with E-state index in [-0.39, 0.29) is 12.1 Å². The Morgan fingerprint density at radius 3 is 2.53 bits per heavy atom. The Bertz CT molecular complexity index is 373. The van der Waals surface area contributed by atoms with Crippen LogP contribution < -0.4 is 10.5 Å². The molecule has 1 aromatic carbocycles. The predicted molar refractivity (Wildman–Crippen MR) is 80.6 cm³/mol. The first-order chi connectivity index (χ1) is 9.20. The van der Waals surface area contributed by atoms with E-state index in [0.29, 0.717) is 5.92 Å². The van der Waals surface area contributed by atoms with Crippen LogP contribution in [-0.4, -0.2) is 12.1 Å². The van der Waals surface area contributed by atoms with Gasteiger partial charge in [-0.3, -0.25) is 0 Å². The Balaban J connectivity index is 1.98. The second-order valence-electron chi connectivity index (χ2n) is 5.84. The average Bonchev–Trinajstić information content (AvgIpc) is 2.64. The van der Waals surface area contributed by atoms with Crippen molar-refractivity contribution in [2.75, 3.05) is 0 Å². The fourth-order valence-corrected chi connectivity index (χ4v) is 2.73. The summed E-state index contributed by atoms with van der Waals surface area (Å²) < 4.78 is 6.09. The van der Waals surface area contributed by atoms with Gasteiger partial charge in [0.15, 0.2) is 0 Å². The molecule has 19 heavy (non-hydrogen) atoms. The minimum Gasteiger partial charge on any atom is -0.489 e. The largest absolute Gasteiger partial charge is 0.489 e. The molecule has 0 bridgehead atoms. The second-order valence-corrected chi connectivity index (χ2v) is 5.84. The molecule has 2 N–H and O–H groups in total. The quantitative estimate of drug-likeness (QED) is 0.823. The zero-order valence-corrected chi connectivity index (χ0v) is 12.3. The van der Waals surface area contributed by atoms with Crippen molar-refractivity contribution in [1.29, 1.82) is 0 Å². The molecule has 1 aliphatic carbocycles. The zero-order valence-electron chi connectivity index (χ0n) is 12.3. The number of hydrogen-bond acceptors (Lipinski definition) is 2. The van der Waals surface area contributed by atoms with Crippen LogP contribution in [0.5, 0.6) is 5.75 Å². The van der Waals surface area contributed by atoms with Crippen LogP contribution in [0.25, 0.3) is 0 Å². The first-order valence-electron chi connectivity index (χ1n) is 7.73. The molecule has 0 amide bonds. The van der Waals surface area contributed by atoms with Crippen molar-refractivity contribution >= 4 is 0 Å². The highest BCUT2D eigenvalue weighted by Gasteiger charge is 2.21. The maximum absolute atomic E-state index is 6.20. The van der Waals surface area contributed by atoms with Gasteiger partial charge in [0, 0.05) is 6.04 Å². The van der Waals surface area contributed by atoms with Gasteiger partial charge in [0.2, 0.25) is 0 Å². The topological polar surface area (TPSA) is 35.2 Å². The van der Waals surface area contributed by atoms with Crippen molar-refractivity contribution in [1.82, 2.24) is 0 Å². The summed E-state index contributed by atoms with van der Waals surface area (Å²) in [5, 5.41) is 0. The van der Waals surface area contributed by atoms with Crippen LogP contribution in [-0.2, 0) is 0 Å². The van der Waals surface area contributed by atoms with Crippen LogP contribution in [0, 0.1) is 0 Å². The standard InChI is InChI=1S/C17H27NO/c1-3-13(2)14-9-11-15(12-10-14)19-17-8-6-4-5-7-16(17)18/h9-13,16-17H,3-8,18H2,1-2H3. The predicted octanol–water partition coefficient (Wildman–Crippen LogP) is 4.24. The van der Waals surface area contributed by atoms with Gasteiger partial charge in [-0.25, -0.2) is 0 Å². The Hall–Kier alpha value is -1.02. The summed E-state index contributed by atoms with van der Waals surface area (Å²) in [4.78, 5) is 0. The fourth-order valence-electron chi connectivity index (χ4n) is 2.73. The van der Waals surface area contributed by atoms with Crippen LogP contribution in [0.1, 0.15) is 63.9 Å². The zero-order chi connectivity index (χ0) is 13.7. The van der Waals surface area contributed by atoms with Gasteiger partial charge in [-0.1, -0.05) is 38.8 Å². The molecule has 0 radical (unpaired) electrons. The smallest absolute Gasteiger partial charge is 0.119 e. The van der Waals surface area contributed by atoms with Crippen LogP contribution in [0.15, 0.2) is 24.3 Å². The van der Waals surface area contributed by atoms with Crippen LogP contribution in [0.2, 0.25) is 0 Å². The third-order valence-electron chi connectivity index (χ3n) is 4.35. The van der Waals surface area contributed by atoms with E-state index < -0.39 is 0 Å². The lowest BCUT2D eigenvalue weighted by atomic mass is 9.99. The Morgan fingerprint density at radius 2 is 1.84 bits per heavy atom. The van der Waals surface area contributed by atoms with E-state index in [0.717, 1.165) is 18.6 Å². The van der Waals surface area contributed by atoms with Crippen molar-refractivity contribution in [2.24, 2.45) is 5.73 Å². The third-order valence-corrected chi connectivity index (χ3v) is 4.35. The number of benzene rings is 1. The molecule has 0 heterocycles. The molecule has 0 saturated heterocycles. The van der Waals surface area contributed by atoms with Gasteiger partial charge in [-0.2, -0.15) is 0 Å². The summed E-state index contributed by atoms with van der Waals surface area (Å²) in [6, 6.07) is 8.76. The Labute approximate surface area is 117 Å². The summed E-state index contributed by atoms with van der Waals surface area (Å²) >= 11 is 0. The van der Waals surface area contributed by atoms with Crippen molar-refractivity contribution in [3.05, 3.63) is 29.8 Å². The minimum absolute atomic E-state index is 0.191. The molecule has 3 unspecified atom stereocenters. The van der Waals surface area contributed by atoms with Crippen molar-refractivity contribution in [2.45, 2.75) is 70.4 Å². The van der Waals surface area contributed by atoms with E-state index in [1.54, 1.807) is 0 Å². The molecule has 0 spiro atoms. The van der Waals surface area contributed by atoms with Gasteiger partial charge >= 0.3 is 0 Å². The van der Waals surface area contributed by atoms with Crippen molar-refractivity contribution < 1.29 is 4.74 Å². The average molecular weight is 261 g/mol. The molecular formula is C17H27NO. The molecule has 3 atom stereocenters. The Morgan fingerprint density at radius 1 is 1.16 bits per heavy atom. The molecule has 1 aromatic rings. The molecule has 0 aliphatic heterocycles. The summed E-state index contributed by atoms with van der Waals surface area (Å²) in [5.74, 6) is 1.59. The fraction of sp³-hybridized carbons (Fsp3) is 0.647. The van der Waals surface area contributed by atoms with Gasteiger partial charge < -0.3 is 10.5 Å². The van der Waals surface area contributed by atoms with Gasteiger partial charge in [-0.15, -0.1) is 0 Å². The summed E-state index contributed by atoms with van der Waals surface area (Å²) in [6.45, 7) is 4.48. The molecular weight excluding hydrogens is 234 g/mol. The molecule has 2 nitrogen and oxygen atoms in total. The van der Waals surface area contributed by atoms with E-state index >= 15 is 0 Å². The van der Waals surface area contributed by atoms with Crippen LogP contribution in [0.3, 0.4) is 0 Å². The Kier molecular flexibility index (Phi) is 5.26. The number of ether oxygens (including phenoxy) is 1. The van der Waals surface area contributed by atoms with E-state index in [9.17, 15) is 0 Å². The van der Waals surface area contributed by atoms with Gasteiger partial charge in [0.05, 0.1) is 0 Å².